The maximum atomic E-state index is 7.44. The van der Waals surface area contributed by atoms with Crippen LogP contribution in [0.1, 0.15) is 17.9 Å². The summed E-state index contributed by atoms with van der Waals surface area (Å²) in [6.07, 6.45) is 0.812. The SMILES string of the molecule is N=C(N)C1CCOc2ccccc21. The number of nitrogens with one attached hydrogen (secondary N) is 1. The van der Waals surface area contributed by atoms with Crippen molar-refractivity contribution in [2.75, 3.05) is 6.61 Å². The summed E-state index contributed by atoms with van der Waals surface area (Å²) >= 11 is 0. The molecule has 0 aromatic heterocycles. The van der Waals surface area contributed by atoms with Gasteiger partial charge in [0.2, 0.25) is 0 Å². The van der Waals surface area contributed by atoms with Gasteiger partial charge in [0.25, 0.3) is 0 Å². The van der Waals surface area contributed by atoms with E-state index >= 15 is 0 Å². The summed E-state index contributed by atoms with van der Waals surface area (Å²) in [5.41, 5.74) is 6.55. The van der Waals surface area contributed by atoms with E-state index in [2.05, 4.69) is 0 Å². The molecule has 1 unspecified atom stereocenters. The lowest BCUT2D eigenvalue weighted by molar-refractivity contribution is 0.282. The van der Waals surface area contributed by atoms with Crippen LogP contribution < -0.4 is 10.5 Å². The highest BCUT2D eigenvalue weighted by Gasteiger charge is 2.22. The standard InChI is InChI=1S/C10H12N2O/c11-10(12)8-5-6-13-9-4-2-1-3-7(8)9/h1-4,8H,5-6H2,(H3,11,12). The van der Waals surface area contributed by atoms with Gasteiger partial charge in [-0.05, 0) is 12.5 Å². The van der Waals surface area contributed by atoms with Crippen molar-refractivity contribution >= 4 is 5.84 Å². The molecule has 0 spiro atoms. The van der Waals surface area contributed by atoms with Crippen molar-refractivity contribution in [3.05, 3.63) is 29.8 Å². The molecule has 3 heteroatoms. The number of para-hydroxylation sites is 1. The Morgan fingerprint density at radius 2 is 2.23 bits per heavy atom. The largest absolute Gasteiger partial charge is 0.493 e. The molecule has 68 valence electrons. The van der Waals surface area contributed by atoms with E-state index in [0.717, 1.165) is 17.7 Å². The minimum Gasteiger partial charge on any atom is -0.493 e. The van der Waals surface area contributed by atoms with Crippen molar-refractivity contribution < 1.29 is 4.74 Å². The van der Waals surface area contributed by atoms with Gasteiger partial charge in [-0.15, -0.1) is 0 Å². The van der Waals surface area contributed by atoms with Crippen LogP contribution in [0, 0.1) is 5.41 Å². The van der Waals surface area contributed by atoms with Crippen molar-refractivity contribution in [2.45, 2.75) is 12.3 Å². The van der Waals surface area contributed by atoms with Crippen LogP contribution in [0.5, 0.6) is 5.75 Å². The van der Waals surface area contributed by atoms with Crippen LogP contribution in [-0.2, 0) is 0 Å². The highest BCUT2D eigenvalue weighted by Crippen LogP contribution is 2.32. The van der Waals surface area contributed by atoms with Gasteiger partial charge in [-0.1, -0.05) is 18.2 Å². The maximum absolute atomic E-state index is 7.44. The van der Waals surface area contributed by atoms with Crippen molar-refractivity contribution in [1.82, 2.24) is 0 Å². The summed E-state index contributed by atoms with van der Waals surface area (Å²) in [5.74, 6) is 1.15. The Balaban J connectivity index is 2.42. The molecule has 3 nitrogen and oxygen atoms in total. The molecule has 0 bridgehead atoms. The molecule has 0 saturated carbocycles. The molecular weight excluding hydrogens is 164 g/mol. The van der Waals surface area contributed by atoms with E-state index in [1.54, 1.807) is 0 Å². The molecule has 3 N–H and O–H groups in total. The Morgan fingerprint density at radius 3 is 3.00 bits per heavy atom. The van der Waals surface area contributed by atoms with Crippen LogP contribution in [0.2, 0.25) is 0 Å². The van der Waals surface area contributed by atoms with Crippen LogP contribution in [-0.4, -0.2) is 12.4 Å². The van der Waals surface area contributed by atoms with Gasteiger partial charge in [0.15, 0.2) is 0 Å². The Bertz CT molecular complexity index is 335. The molecule has 2 rings (SSSR count). The van der Waals surface area contributed by atoms with E-state index in [4.69, 9.17) is 15.9 Å². The number of hydrogen-bond acceptors (Lipinski definition) is 2. The Kier molecular flexibility index (Phi) is 1.93. The smallest absolute Gasteiger partial charge is 0.123 e. The van der Waals surface area contributed by atoms with Gasteiger partial charge in [-0.2, -0.15) is 0 Å². The van der Waals surface area contributed by atoms with Crippen molar-refractivity contribution in [1.29, 1.82) is 5.41 Å². The topological polar surface area (TPSA) is 59.1 Å². The molecule has 1 heterocycles. The van der Waals surface area contributed by atoms with Gasteiger partial charge in [-0.3, -0.25) is 5.41 Å². The summed E-state index contributed by atoms with van der Waals surface area (Å²) < 4.78 is 5.45. The molecule has 1 aliphatic heterocycles. The first-order valence-electron chi connectivity index (χ1n) is 4.34. The molecule has 1 aromatic rings. The molecule has 1 aromatic carbocycles. The lowest BCUT2D eigenvalue weighted by Crippen LogP contribution is -2.26. The van der Waals surface area contributed by atoms with E-state index in [-0.39, 0.29) is 11.8 Å². The van der Waals surface area contributed by atoms with E-state index in [1.807, 2.05) is 24.3 Å². The van der Waals surface area contributed by atoms with E-state index < -0.39 is 0 Å². The minimum atomic E-state index is 0.0462. The first-order valence-corrected chi connectivity index (χ1v) is 4.34. The maximum Gasteiger partial charge on any atom is 0.123 e. The Labute approximate surface area is 77.0 Å². The predicted molar refractivity (Wildman–Crippen MR) is 51.2 cm³/mol. The number of fused-ring (bicyclic) bond motifs is 1. The number of benzene rings is 1. The Morgan fingerprint density at radius 1 is 1.46 bits per heavy atom. The summed E-state index contributed by atoms with van der Waals surface area (Å²) in [6.45, 7) is 0.654. The molecule has 0 fully saturated rings. The number of ether oxygens (including phenoxy) is 1. The molecule has 13 heavy (non-hydrogen) atoms. The fourth-order valence-corrected chi connectivity index (χ4v) is 1.67. The van der Waals surface area contributed by atoms with Crippen LogP contribution in [0.25, 0.3) is 0 Å². The van der Waals surface area contributed by atoms with Crippen LogP contribution >= 0.6 is 0 Å². The molecule has 0 amide bonds. The average Bonchev–Trinajstić information content (AvgIpc) is 2.17. The summed E-state index contributed by atoms with van der Waals surface area (Å²) in [4.78, 5) is 0. The number of amidine groups is 1. The zero-order valence-corrected chi connectivity index (χ0v) is 7.29. The second kappa shape index (κ2) is 3.09. The van der Waals surface area contributed by atoms with Gasteiger partial charge < -0.3 is 10.5 Å². The third-order valence-electron chi connectivity index (χ3n) is 2.33. The third-order valence-corrected chi connectivity index (χ3v) is 2.33. The van der Waals surface area contributed by atoms with Crippen molar-refractivity contribution in [3.8, 4) is 5.75 Å². The van der Waals surface area contributed by atoms with Gasteiger partial charge in [0.1, 0.15) is 5.75 Å². The molecule has 0 aliphatic carbocycles. The molecule has 0 radical (unpaired) electrons. The Hall–Kier alpha value is -1.51. The monoisotopic (exact) mass is 176 g/mol. The fraction of sp³-hybridized carbons (Fsp3) is 0.300. The molecule has 0 saturated heterocycles. The lowest BCUT2D eigenvalue weighted by atomic mass is 9.92. The first-order chi connectivity index (χ1) is 6.29. The average molecular weight is 176 g/mol. The molecular formula is C10H12N2O. The van der Waals surface area contributed by atoms with Gasteiger partial charge in [-0.25, -0.2) is 0 Å². The quantitative estimate of drug-likeness (QED) is 0.503. The number of hydrogen-bond donors (Lipinski definition) is 2. The van der Waals surface area contributed by atoms with E-state index in [1.165, 1.54) is 0 Å². The highest BCUT2D eigenvalue weighted by molar-refractivity contribution is 5.85. The third kappa shape index (κ3) is 1.37. The first kappa shape index (κ1) is 8.10. The van der Waals surface area contributed by atoms with Crippen molar-refractivity contribution in [3.63, 3.8) is 0 Å². The van der Waals surface area contributed by atoms with E-state index in [0.29, 0.717) is 6.61 Å². The summed E-state index contributed by atoms with van der Waals surface area (Å²) in [6, 6.07) is 7.77. The van der Waals surface area contributed by atoms with Crippen LogP contribution in [0.3, 0.4) is 0 Å². The van der Waals surface area contributed by atoms with Gasteiger partial charge >= 0.3 is 0 Å². The lowest BCUT2D eigenvalue weighted by Gasteiger charge is -2.24. The van der Waals surface area contributed by atoms with Gasteiger partial charge in [0, 0.05) is 11.5 Å². The number of nitrogens with two attached hydrogens (primary N) is 1. The second-order valence-corrected chi connectivity index (χ2v) is 3.18. The van der Waals surface area contributed by atoms with Gasteiger partial charge in [0.05, 0.1) is 12.4 Å². The minimum absolute atomic E-state index is 0.0462. The van der Waals surface area contributed by atoms with Crippen LogP contribution in [0.4, 0.5) is 0 Å². The second-order valence-electron chi connectivity index (χ2n) is 3.18. The molecule has 1 atom stereocenters. The van der Waals surface area contributed by atoms with Crippen molar-refractivity contribution in [2.24, 2.45) is 5.73 Å². The fourth-order valence-electron chi connectivity index (χ4n) is 1.67. The predicted octanol–water partition coefficient (Wildman–Crippen LogP) is 1.49. The zero-order chi connectivity index (χ0) is 9.26. The highest BCUT2D eigenvalue weighted by atomic mass is 16.5. The van der Waals surface area contributed by atoms with E-state index in [9.17, 15) is 0 Å². The summed E-state index contributed by atoms with van der Waals surface area (Å²) in [7, 11) is 0. The zero-order valence-electron chi connectivity index (χ0n) is 7.29. The number of rotatable bonds is 1. The normalized spacial score (nSPS) is 20.2. The molecule has 1 aliphatic rings. The summed E-state index contributed by atoms with van der Waals surface area (Å²) in [5, 5.41) is 7.44. The van der Waals surface area contributed by atoms with Crippen LogP contribution in [0.15, 0.2) is 24.3 Å².